The Bertz CT molecular complexity index is 1820. The standard InChI is InChI=1S/C42H57ClN4O4S/c1-29-8-5-18-42(50-3,27-45-20-21-46-19-7-10-35(46)25-45)37-14-11-33(37)24-47-26-41(17-6-9-31-22-34(43)13-15-36(31)41)28-51-39-16-12-32(23-38(39)47)40(48)44-52(4,49)30(29)2/h5,12-13,15-16,18,22-23,29-30,33,35,37H,4,6-11,14,17,19-21,24-28H2,1-3H3,(H,44,48,49)/b18-5+/t29-,30+,33-,35-,37+,41-,42+,52?/m0/s1. The number of allylic oxidation sites excluding steroid dienone is 1. The number of halogens is 1. The summed E-state index contributed by atoms with van der Waals surface area (Å²) in [5.74, 6) is 5.29. The molecule has 2 saturated heterocycles. The fourth-order valence-electron chi connectivity index (χ4n) is 10.5. The van der Waals surface area contributed by atoms with Crippen LogP contribution in [0.2, 0.25) is 5.02 Å². The summed E-state index contributed by atoms with van der Waals surface area (Å²) in [5.41, 5.74) is 3.38. The van der Waals surface area contributed by atoms with E-state index < -0.39 is 15.3 Å². The number of hydrogen-bond acceptors (Lipinski definition) is 7. The van der Waals surface area contributed by atoms with Crippen LogP contribution in [0, 0.1) is 17.8 Å². The summed E-state index contributed by atoms with van der Waals surface area (Å²) in [7, 11) is -1.03. The van der Waals surface area contributed by atoms with Gasteiger partial charge in [-0.15, -0.1) is 0 Å². The van der Waals surface area contributed by atoms with Crippen molar-refractivity contribution in [1.82, 2.24) is 14.5 Å². The maximum absolute atomic E-state index is 14.1. The van der Waals surface area contributed by atoms with Crippen LogP contribution in [0.4, 0.5) is 5.69 Å². The molecule has 0 radical (unpaired) electrons. The van der Waals surface area contributed by atoms with Crippen LogP contribution in [0.25, 0.3) is 0 Å². The molecule has 2 aliphatic carbocycles. The first-order chi connectivity index (χ1) is 25.0. The third-order valence-corrected chi connectivity index (χ3v) is 16.3. The minimum atomic E-state index is -2.94. The Labute approximate surface area is 316 Å². The van der Waals surface area contributed by atoms with Crippen molar-refractivity contribution in [3.63, 3.8) is 0 Å². The zero-order valence-corrected chi connectivity index (χ0v) is 32.9. The summed E-state index contributed by atoms with van der Waals surface area (Å²) in [6.45, 7) is 11.6. The van der Waals surface area contributed by atoms with Gasteiger partial charge in [-0.3, -0.25) is 19.3 Å². The number of ether oxygens (including phenoxy) is 2. The number of benzene rings is 2. The summed E-state index contributed by atoms with van der Waals surface area (Å²) in [6.07, 6.45) is 13.3. The number of hydrogen-bond donors (Lipinski definition) is 1. The lowest BCUT2D eigenvalue weighted by molar-refractivity contribution is -0.0974. The predicted molar refractivity (Wildman–Crippen MR) is 212 cm³/mol. The minimum Gasteiger partial charge on any atom is -0.490 e. The molecule has 1 spiro atoms. The second-order valence-electron chi connectivity index (χ2n) is 16.9. The Morgan fingerprint density at radius 3 is 2.75 bits per heavy atom. The average molecular weight is 749 g/mol. The van der Waals surface area contributed by atoms with Crippen LogP contribution in [0.15, 0.2) is 48.6 Å². The minimum absolute atomic E-state index is 0.0450. The quantitative estimate of drug-likeness (QED) is 0.290. The van der Waals surface area contributed by atoms with Crippen molar-refractivity contribution in [1.29, 1.82) is 0 Å². The van der Waals surface area contributed by atoms with Crippen molar-refractivity contribution >= 4 is 38.8 Å². The van der Waals surface area contributed by atoms with Crippen LogP contribution in [0.5, 0.6) is 5.75 Å². The van der Waals surface area contributed by atoms with Gasteiger partial charge in [-0.1, -0.05) is 36.7 Å². The molecule has 1 unspecified atom stereocenters. The molecule has 4 aliphatic heterocycles. The molecular weight excluding hydrogens is 692 g/mol. The first-order valence-corrected chi connectivity index (χ1v) is 21.8. The number of rotatable bonds is 3. The van der Waals surface area contributed by atoms with E-state index in [0.29, 0.717) is 30.0 Å². The van der Waals surface area contributed by atoms with Crippen LogP contribution in [-0.2, 0) is 26.3 Å². The summed E-state index contributed by atoms with van der Waals surface area (Å²) in [4.78, 5) is 21.7. The monoisotopic (exact) mass is 748 g/mol. The van der Waals surface area contributed by atoms with Crippen LogP contribution >= 0.6 is 11.6 Å². The van der Waals surface area contributed by atoms with E-state index >= 15 is 0 Å². The van der Waals surface area contributed by atoms with Gasteiger partial charge in [0, 0.05) is 73.7 Å². The van der Waals surface area contributed by atoms with E-state index in [2.05, 4.69) is 56.5 Å². The Hall–Kier alpha value is -2.56. The number of aryl methyl sites for hydroxylation is 1. The molecule has 282 valence electrons. The van der Waals surface area contributed by atoms with Gasteiger partial charge in [0.25, 0.3) is 5.91 Å². The van der Waals surface area contributed by atoms with Crippen molar-refractivity contribution < 1.29 is 18.5 Å². The van der Waals surface area contributed by atoms with Crippen molar-refractivity contribution in [2.75, 3.05) is 64.4 Å². The van der Waals surface area contributed by atoms with Gasteiger partial charge in [0.15, 0.2) is 0 Å². The van der Waals surface area contributed by atoms with Crippen molar-refractivity contribution in [2.24, 2.45) is 17.8 Å². The Morgan fingerprint density at radius 2 is 1.94 bits per heavy atom. The van der Waals surface area contributed by atoms with E-state index in [-0.39, 0.29) is 22.5 Å². The van der Waals surface area contributed by atoms with Gasteiger partial charge in [0.2, 0.25) is 0 Å². The van der Waals surface area contributed by atoms with Gasteiger partial charge in [-0.2, -0.15) is 0 Å². The number of amides is 1. The second kappa shape index (κ2) is 14.3. The van der Waals surface area contributed by atoms with Crippen LogP contribution < -0.4 is 14.4 Å². The van der Waals surface area contributed by atoms with Crippen LogP contribution in [0.1, 0.15) is 80.3 Å². The molecule has 1 saturated carbocycles. The van der Waals surface area contributed by atoms with E-state index in [4.69, 9.17) is 21.1 Å². The van der Waals surface area contributed by atoms with Crippen molar-refractivity contribution in [2.45, 2.75) is 87.5 Å². The molecule has 3 fully saturated rings. The third-order valence-electron chi connectivity index (χ3n) is 13.9. The molecule has 0 aromatic heterocycles. The van der Waals surface area contributed by atoms with Gasteiger partial charge in [0.05, 0.1) is 22.0 Å². The molecule has 2 aromatic rings. The number of methoxy groups -OCH3 is 1. The van der Waals surface area contributed by atoms with E-state index in [1.165, 1.54) is 30.5 Å². The lowest BCUT2D eigenvalue weighted by Crippen LogP contribution is -2.60. The molecule has 1 N–H and O–H groups in total. The number of nitrogens with zero attached hydrogens (tertiary/aromatic N) is 3. The summed E-state index contributed by atoms with van der Waals surface area (Å²) in [5, 5.41) is 0.453. The van der Waals surface area contributed by atoms with Gasteiger partial charge in [-0.25, -0.2) is 4.21 Å². The first-order valence-electron chi connectivity index (χ1n) is 19.7. The van der Waals surface area contributed by atoms with E-state index in [1.807, 2.05) is 32.2 Å². The summed E-state index contributed by atoms with van der Waals surface area (Å²) in [6, 6.07) is 12.7. The fourth-order valence-corrected chi connectivity index (χ4v) is 12.1. The van der Waals surface area contributed by atoms with Crippen LogP contribution in [0.3, 0.4) is 0 Å². The van der Waals surface area contributed by atoms with Crippen LogP contribution in [-0.4, -0.2) is 102 Å². The highest BCUT2D eigenvalue weighted by Gasteiger charge is 2.50. The zero-order valence-electron chi connectivity index (χ0n) is 31.3. The van der Waals surface area contributed by atoms with Crippen molar-refractivity contribution in [3.05, 3.63) is 70.3 Å². The lowest BCUT2D eigenvalue weighted by Gasteiger charge is -2.52. The highest BCUT2D eigenvalue weighted by Crippen LogP contribution is 2.49. The smallest absolute Gasteiger partial charge is 0.262 e. The maximum Gasteiger partial charge on any atom is 0.262 e. The van der Waals surface area contributed by atoms with E-state index in [1.54, 1.807) is 6.07 Å². The third kappa shape index (κ3) is 6.71. The fraction of sp³-hybridized carbons (Fsp3) is 0.619. The number of carbonyl (C=O) groups excluding carboxylic acids is 1. The largest absolute Gasteiger partial charge is 0.490 e. The normalized spacial score (nSPS) is 37.5. The molecule has 8 rings (SSSR count). The summed E-state index contributed by atoms with van der Waals surface area (Å²) >= 11 is 6.52. The summed E-state index contributed by atoms with van der Waals surface area (Å²) < 4.78 is 30.4. The molecule has 10 heteroatoms. The molecule has 8 atom stereocenters. The second-order valence-corrected chi connectivity index (χ2v) is 19.8. The van der Waals surface area contributed by atoms with Gasteiger partial charge in [-0.05, 0) is 130 Å². The highest BCUT2D eigenvalue weighted by atomic mass is 35.5. The number of piperazine rings is 1. The molecule has 1 amide bonds. The van der Waals surface area contributed by atoms with Gasteiger partial charge >= 0.3 is 0 Å². The maximum atomic E-state index is 14.1. The van der Waals surface area contributed by atoms with Crippen molar-refractivity contribution in [3.8, 4) is 5.75 Å². The molecule has 2 bridgehead atoms. The topological polar surface area (TPSA) is 74.4 Å². The lowest BCUT2D eigenvalue weighted by atomic mass is 9.63. The SMILES string of the molecule is C=S1(=O)NC(=O)c2ccc3c(c2)N(C[C@@H]2CC[C@H]2[C@@](CN2CCN4CCC[C@H]4C2)(OC)/C=C/C[C@H](C)[C@H]1C)C[C@@]1(CCCc2cc(Cl)ccc21)CO3. The number of anilines is 1. The number of fused-ring (bicyclic) bond motifs is 5. The number of nitrogens with one attached hydrogen (secondary N) is 1. The van der Waals surface area contributed by atoms with E-state index in [9.17, 15) is 9.00 Å². The molecular formula is C42H57ClN4O4S. The highest BCUT2D eigenvalue weighted by molar-refractivity contribution is 7.99. The van der Waals surface area contributed by atoms with E-state index in [0.717, 1.165) is 94.3 Å². The molecule has 52 heavy (non-hydrogen) atoms. The average Bonchev–Trinajstić information content (AvgIpc) is 3.53. The Balaban J connectivity index is 1.19. The predicted octanol–water partition coefficient (Wildman–Crippen LogP) is 6.35. The Kier molecular flexibility index (Phi) is 9.99. The van der Waals surface area contributed by atoms with Gasteiger partial charge in [0.1, 0.15) is 11.4 Å². The zero-order chi connectivity index (χ0) is 36.3. The Morgan fingerprint density at radius 1 is 1.08 bits per heavy atom. The molecule has 2 aromatic carbocycles. The first kappa shape index (κ1) is 36.4. The molecule has 8 nitrogen and oxygen atoms in total. The molecule has 6 aliphatic rings. The number of carbonyl (C=O) groups is 1. The van der Waals surface area contributed by atoms with Gasteiger partial charge < -0.3 is 14.4 Å². The molecule has 4 heterocycles.